The molecule has 1 aliphatic carbocycles. The lowest BCUT2D eigenvalue weighted by molar-refractivity contribution is 0.236. The summed E-state index contributed by atoms with van der Waals surface area (Å²) >= 11 is 1.98. The van der Waals surface area contributed by atoms with Crippen molar-refractivity contribution in [1.82, 2.24) is 9.88 Å². The molecule has 27 heavy (non-hydrogen) atoms. The van der Waals surface area contributed by atoms with E-state index in [1.807, 2.05) is 11.8 Å². The predicted octanol–water partition coefficient (Wildman–Crippen LogP) is 6.29. The monoisotopic (exact) mass is 398 g/mol. The molecule has 0 N–H and O–H groups in total. The van der Waals surface area contributed by atoms with Crippen LogP contribution in [0.3, 0.4) is 0 Å². The van der Waals surface area contributed by atoms with Crippen LogP contribution in [0.25, 0.3) is 22.0 Å². The topological polar surface area (TPSA) is 16.1 Å². The minimum absolute atomic E-state index is 0. The van der Waals surface area contributed by atoms with E-state index < -0.39 is 0 Å². The largest absolute Gasteiger partial charge is 0.305 e. The summed E-state index contributed by atoms with van der Waals surface area (Å²) in [5, 5.41) is 2.99. The number of para-hydroxylation sites is 1. The summed E-state index contributed by atoms with van der Waals surface area (Å²) in [6.07, 6.45) is 5.24. The number of aromatic nitrogens is 1. The normalized spacial score (nSPS) is 19.8. The third-order valence-corrected chi connectivity index (χ3v) is 6.75. The number of thioether (sulfide) groups is 1. The summed E-state index contributed by atoms with van der Waals surface area (Å²) in [5.41, 5.74) is 3.61. The zero-order valence-corrected chi connectivity index (χ0v) is 17.6. The molecule has 2 nitrogen and oxygen atoms in total. The molecular weight excluding hydrogens is 372 g/mol. The van der Waals surface area contributed by atoms with Crippen LogP contribution in [0.2, 0.25) is 0 Å². The van der Waals surface area contributed by atoms with Crippen LogP contribution in [0.1, 0.15) is 25.7 Å². The predicted molar refractivity (Wildman–Crippen MR) is 120 cm³/mol. The molecule has 4 heteroatoms. The first kappa shape index (κ1) is 20.2. The lowest BCUT2D eigenvalue weighted by atomic mass is 9.94. The van der Waals surface area contributed by atoms with Gasteiger partial charge in [0, 0.05) is 22.2 Å². The Labute approximate surface area is 172 Å². The summed E-state index contributed by atoms with van der Waals surface area (Å²) in [5.74, 6) is 0. The van der Waals surface area contributed by atoms with Crippen molar-refractivity contribution < 1.29 is 0 Å². The fraction of sp³-hybridized carbons (Fsp3) is 0.348. The molecule has 0 bridgehead atoms. The molecule has 0 saturated heterocycles. The van der Waals surface area contributed by atoms with Gasteiger partial charge in [0.05, 0.1) is 5.52 Å². The van der Waals surface area contributed by atoms with Crippen molar-refractivity contribution in [2.24, 2.45) is 0 Å². The molecule has 4 rings (SSSR count). The lowest BCUT2D eigenvalue weighted by Gasteiger charge is -2.35. The average molecular weight is 399 g/mol. The average Bonchev–Trinajstić information content (AvgIpc) is 2.68. The van der Waals surface area contributed by atoms with Crippen LogP contribution in [0, 0.1) is 0 Å². The first-order valence-electron chi connectivity index (χ1n) is 9.50. The molecule has 1 saturated carbocycles. The van der Waals surface area contributed by atoms with Crippen LogP contribution in [0.4, 0.5) is 0 Å². The quantitative estimate of drug-likeness (QED) is 0.513. The Morgan fingerprint density at radius 2 is 1.63 bits per heavy atom. The van der Waals surface area contributed by atoms with Crippen LogP contribution >= 0.6 is 24.2 Å². The third kappa shape index (κ3) is 4.48. The van der Waals surface area contributed by atoms with E-state index in [0.717, 1.165) is 5.52 Å². The molecule has 0 aliphatic heterocycles. The van der Waals surface area contributed by atoms with Gasteiger partial charge in [-0.05, 0) is 44.6 Å². The van der Waals surface area contributed by atoms with Crippen molar-refractivity contribution in [2.75, 3.05) is 14.1 Å². The van der Waals surface area contributed by atoms with E-state index >= 15 is 0 Å². The number of halogens is 1. The van der Waals surface area contributed by atoms with Gasteiger partial charge in [0.15, 0.2) is 0 Å². The van der Waals surface area contributed by atoms with E-state index in [-0.39, 0.29) is 12.4 Å². The number of nitrogens with zero attached hydrogens (tertiary/aromatic N) is 2. The second kappa shape index (κ2) is 9.09. The molecule has 0 radical (unpaired) electrons. The van der Waals surface area contributed by atoms with E-state index in [2.05, 4.69) is 79.7 Å². The highest BCUT2D eigenvalue weighted by Gasteiger charge is 2.28. The second-order valence-electron chi connectivity index (χ2n) is 7.37. The van der Waals surface area contributed by atoms with Gasteiger partial charge < -0.3 is 4.90 Å². The standard InChI is InChI=1S/C23H26N2S.ClH/c1-25(2)21-14-8-9-15-22(21)26-23-19(17-10-4-3-5-11-17)16-18-12-6-7-13-20(18)24-23;/h3-7,10-13,16,21-22H,8-9,14-15H2,1-2H3;1H. The van der Waals surface area contributed by atoms with Crippen molar-refractivity contribution in [3.05, 3.63) is 60.7 Å². The van der Waals surface area contributed by atoms with Crippen molar-refractivity contribution in [3.8, 4) is 11.1 Å². The molecular formula is C23H27ClN2S. The summed E-state index contributed by atoms with van der Waals surface area (Å²) in [6, 6.07) is 22.1. The first-order valence-corrected chi connectivity index (χ1v) is 10.4. The molecule has 0 spiro atoms. The Balaban J connectivity index is 0.00000210. The molecule has 3 aromatic rings. The first-order chi connectivity index (χ1) is 12.7. The van der Waals surface area contributed by atoms with Gasteiger partial charge in [-0.2, -0.15) is 0 Å². The molecule has 2 atom stereocenters. The number of fused-ring (bicyclic) bond motifs is 1. The third-order valence-electron chi connectivity index (χ3n) is 5.37. The minimum Gasteiger partial charge on any atom is -0.305 e. The minimum atomic E-state index is 0. The van der Waals surface area contributed by atoms with Crippen LogP contribution in [0.15, 0.2) is 65.7 Å². The van der Waals surface area contributed by atoms with Gasteiger partial charge in [-0.1, -0.05) is 61.4 Å². The Bertz CT molecular complexity index is 882. The number of hydrogen-bond donors (Lipinski definition) is 0. The highest BCUT2D eigenvalue weighted by Crippen LogP contribution is 2.40. The lowest BCUT2D eigenvalue weighted by Crippen LogP contribution is -2.39. The number of benzene rings is 2. The number of hydrogen-bond acceptors (Lipinski definition) is 3. The molecule has 1 aromatic heterocycles. The summed E-state index contributed by atoms with van der Waals surface area (Å²) in [4.78, 5) is 7.49. The van der Waals surface area contributed by atoms with E-state index in [4.69, 9.17) is 4.98 Å². The Morgan fingerprint density at radius 1 is 0.926 bits per heavy atom. The Kier molecular flexibility index (Phi) is 6.80. The molecule has 0 amide bonds. The van der Waals surface area contributed by atoms with Crippen molar-refractivity contribution in [2.45, 2.75) is 42.0 Å². The zero-order chi connectivity index (χ0) is 17.9. The summed E-state index contributed by atoms with van der Waals surface area (Å²) in [6.45, 7) is 0. The van der Waals surface area contributed by atoms with Gasteiger partial charge in [-0.3, -0.25) is 0 Å². The van der Waals surface area contributed by atoms with Gasteiger partial charge in [-0.25, -0.2) is 4.98 Å². The van der Waals surface area contributed by atoms with Gasteiger partial charge in [0.2, 0.25) is 0 Å². The maximum atomic E-state index is 5.08. The molecule has 142 valence electrons. The van der Waals surface area contributed by atoms with E-state index in [1.54, 1.807) is 0 Å². The summed E-state index contributed by atoms with van der Waals surface area (Å²) in [7, 11) is 4.44. The maximum Gasteiger partial charge on any atom is 0.105 e. The highest BCUT2D eigenvalue weighted by molar-refractivity contribution is 8.00. The Hall–Kier alpha value is -1.55. The van der Waals surface area contributed by atoms with Crippen molar-refractivity contribution in [1.29, 1.82) is 0 Å². The van der Waals surface area contributed by atoms with Crippen LogP contribution in [-0.4, -0.2) is 35.3 Å². The van der Waals surface area contributed by atoms with E-state index in [1.165, 1.54) is 47.2 Å². The van der Waals surface area contributed by atoms with Gasteiger partial charge in [-0.15, -0.1) is 24.2 Å². The van der Waals surface area contributed by atoms with Gasteiger partial charge in [0.25, 0.3) is 0 Å². The molecule has 1 aliphatic rings. The highest BCUT2D eigenvalue weighted by atomic mass is 35.5. The van der Waals surface area contributed by atoms with Crippen molar-refractivity contribution in [3.63, 3.8) is 0 Å². The Morgan fingerprint density at radius 3 is 2.41 bits per heavy atom. The van der Waals surface area contributed by atoms with Crippen LogP contribution < -0.4 is 0 Å². The van der Waals surface area contributed by atoms with E-state index in [9.17, 15) is 0 Å². The van der Waals surface area contributed by atoms with Gasteiger partial charge >= 0.3 is 0 Å². The SMILES string of the molecule is CN(C)C1CCCCC1Sc1nc2ccccc2cc1-c1ccccc1.Cl. The molecule has 1 heterocycles. The molecule has 1 fully saturated rings. The molecule has 2 unspecified atom stereocenters. The number of rotatable bonds is 4. The fourth-order valence-electron chi connectivity index (χ4n) is 3.96. The van der Waals surface area contributed by atoms with Gasteiger partial charge in [0.1, 0.15) is 5.03 Å². The second-order valence-corrected chi connectivity index (χ2v) is 8.60. The smallest absolute Gasteiger partial charge is 0.105 e. The van der Waals surface area contributed by atoms with Crippen molar-refractivity contribution >= 4 is 35.1 Å². The van der Waals surface area contributed by atoms with Crippen LogP contribution in [-0.2, 0) is 0 Å². The number of pyridine rings is 1. The summed E-state index contributed by atoms with van der Waals surface area (Å²) < 4.78 is 0. The fourth-order valence-corrected chi connectivity index (χ4v) is 5.52. The maximum absolute atomic E-state index is 5.08. The zero-order valence-electron chi connectivity index (χ0n) is 16.0. The van der Waals surface area contributed by atoms with E-state index in [0.29, 0.717) is 11.3 Å². The molecule has 2 aromatic carbocycles. The van der Waals surface area contributed by atoms with Crippen LogP contribution in [0.5, 0.6) is 0 Å².